The van der Waals surface area contributed by atoms with E-state index in [2.05, 4.69) is 83.3 Å². The van der Waals surface area contributed by atoms with Gasteiger partial charge in [0, 0.05) is 25.9 Å². The van der Waals surface area contributed by atoms with E-state index in [1.165, 1.54) is 0 Å². The van der Waals surface area contributed by atoms with Crippen LogP contribution >= 0.6 is 11.8 Å². The van der Waals surface area contributed by atoms with Crippen molar-refractivity contribution >= 4 is 49.9 Å². The van der Waals surface area contributed by atoms with Crippen LogP contribution in [0.1, 0.15) is 22.3 Å². The number of hydrogen-bond acceptors (Lipinski definition) is 3. The molecule has 4 heteroatoms. The molecule has 6 aromatic carbocycles. The fourth-order valence-corrected chi connectivity index (χ4v) is 8.62. The van der Waals surface area contributed by atoms with Gasteiger partial charge < -0.3 is 4.40 Å². The van der Waals surface area contributed by atoms with Crippen molar-refractivity contribution in [3.05, 3.63) is 182 Å². The molecule has 0 aliphatic carbocycles. The molecular weight excluding hydrogens is 547 g/mol. The molecule has 0 radical (unpaired) electrons. The van der Waals surface area contributed by atoms with Gasteiger partial charge in [0.25, 0.3) is 0 Å². The van der Waals surface area contributed by atoms with Gasteiger partial charge in [-0.3, -0.25) is 9.59 Å². The number of nitrogens with zero attached hydrogens (tertiary/aromatic N) is 1. The summed E-state index contributed by atoms with van der Waals surface area (Å²) in [6.07, 6.45) is 0. The Kier molecular flexibility index (Phi) is 5.06. The van der Waals surface area contributed by atoms with Crippen LogP contribution in [0.25, 0.3) is 38.1 Å². The molecule has 0 N–H and O–H groups in total. The Morgan fingerprint density at radius 2 is 1.05 bits per heavy atom. The minimum atomic E-state index is -0.745. The van der Waals surface area contributed by atoms with Crippen LogP contribution in [-0.4, -0.2) is 4.40 Å². The number of aromatic nitrogens is 1. The van der Waals surface area contributed by atoms with Crippen molar-refractivity contribution in [1.29, 1.82) is 0 Å². The number of benzene rings is 6. The Morgan fingerprint density at radius 3 is 1.70 bits per heavy atom. The minimum absolute atomic E-state index is 0.0472. The lowest BCUT2D eigenvalue weighted by molar-refractivity contribution is 0.706. The molecule has 0 amide bonds. The monoisotopic (exact) mass is 569 g/mol. The molecule has 9 rings (SSSR count). The first-order chi connectivity index (χ1) is 21.2. The minimum Gasteiger partial charge on any atom is -0.307 e. The predicted octanol–water partition coefficient (Wildman–Crippen LogP) is 8.40. The van der Waals surface area contributed by atoms with Crippen molar-refractivity contribution in [3.63, 3.8) is 0 Å². The largest absolute Gasteiger partial charge is 0.307 e. The zero-order valence-corrected chi connectivity index (χ0v) is 23.8. The normalized spacial score (nSPS) is 13.9. The highest BCUT2D eigenvalue weighted by molar-refractivity contribution is 7.99. The summed E-state index contributed by atoms with van der Waals surface area (Å²) in [6.45, 7) is 0. The van der Waals surface area contributed by atoms with E-state index in [1.54, 1.807) is 11.8 Å². The van der Waals surface area contributed by atoms with E-state index >= 15 is 0 Å². The van der Waals surface area contributed by atoms with Gasteiger partial charge >= 0.3 is 0 Å². The third kappa shape index (κ3) is 3.11. The molecule has 8 aromatic rings. The van der Waals surface area contributed by atoms with Gasteiger partial charge in [-0.15, -0.1) is 0 Å². The maximum absolute atomic E-state index is 14.7. The molecule has 0 spiro atoms. The molecule has 0 saturated heterocycles. The first-order valence-electron chi connectivity index (χ1n) is 14.4. The SMILES string of the molecule is O=c1c2ccccc2n2c3ccccc3c(=O)c3c4c(cc1c32)C(c1ccccc1)(c1ccccc1)c1ccccc1S4. The van der Waals surface area contributed by atoms with Crippen LogP contribution < -0.4 is 10.9 Å². The fourth-order valence-electron chi connectivity index (χ4n) is 7.31. The van der Waals surface area contributed by atoms with Gasteiger partial charge in [-0.1, -0.05) is 115 Å². The Morgan fingerprint density at radius 1 is 0.512 bits per heavy atom. The molecule has 0 fully saturated rings. The molecule has 1 aliphatic heterocycles. The predicted molar refractivity (Wildman–Crippen MR) is 176 cm³/mol. The van der Waals surface area contributed by atoms with Crippen molar-refractivity contribution in [2.24, 2.45) is 0 Å². The molecule has 202 valence electrons. The van der Waals surface area contributed by atoms with Crippen LogP contribution in [0, 0.1) is 0 Å². The van der Waals surface area contributed by atoms with Crippen LogP contribution in [0.4, 0.5) is 0 Å². The third-order valence-electron chi connectivity index (χ3n) is 9.05. The Labute approximate surface area is 251 Å². The van der Waals surface area contributed by atoms with E-state index in [0.29, 0.717) is 27.1 Å². The molecule has 3 heterocycles. The summed E-state index contributed by atoms with van der Waals surface area (Å²) in [7, 11) is 0. The van der Waals surface area contributed by atoms with E-state index in [1.807, 2.05) is 60.7 Å². The van der Waals surface area contributed by atoms with Gasteiger partial charge in [0.05, 0.1) is 27.4 Å². The smallest absolute Gasteiger partial charge is 0.198 e. The maximum Gasteiger partial charge on any atom is 0.198 e. The lowest BCUT2D eigenvalue weighted by atomic mass is 9.64. The summed E-state index contributed by atoms with van der Waals surface area (Å²) in [5.41, 5.74) is 5.73. The highest BCUT2D eigenvalue weighted by Gasteiger charge is 2.45. The summed E-state index contributed by atoms with van der Waals surface area (Å²) < 4.78 is 2.13. The molecule has 2 aromatic heterocycles. The quantitative estimate of drug-likeness (QED) is 0.155. The topological polar surface area (TPSA) is 38.5 Å². The van der Waals surface area contributed by atoms with E-state index in [0.717, 1.165) is 43.1 Å². The average molecular weight is 570 g/mol. The van der Waals surface area contributed by atoms with E-state index < -0.39 is 5.41 Å². The number of para-hydroxylation sites is 2. The van der Waals surface area contributed by atoms with E-state index in [-0.39, 0.29) is 10.9 Å². The van der Waals surface area contributed by atoms with E-state index in [9.17, 15) is 9.59 Å². The molecule has 43 heavy (non-hydrogen) atoms. The van der Waals surface area contributed by atoms with Crippen molar-refractivity contribution in [1.82, 2.24) is 4.40 Å². The fraction of sp³-hybridized carbons (Fsp3) is 0.0256. The summed E-state index contributed by atoms with van der Waals surface area (Å²) in [5.74, 6) is 0. The molecule has 0 unspecified atom stereocenters. The van der Waals surface area contributed by atoms with Crippen LogP contribution in [-0.2, 0) is 5.41 Å². The first-order valence-corrected chi connectivity index (χ1v) is 15.2. The van der Waals surface area contributed by atoms with Gasteiger partial charge in [-0.2, -0.15) is 0 Å². The van der Waals surface area contributed by atoms with Gasteiger partial charge in [-0.25, -0.2) is 0 Å². The Hall–Kier alpha value is -5.19. The second kappa shape index (κ2) is 8.90. The van der Waals surface area contributed by atoms with Gasteiger partial charge in [0.1, 0.15) is 0 Å². The molecule has 1 aliphatic rings. The van der Waals surface area contributed by atoms with Gasteiger partial charge in [0.15, 0.2) is 10.9 Å². The van der Waals surface area contributed by atoms with Crippen molar-refractivity contribution in [3.8, 4) is 0 Å². The molecule has 3 nitrogen and oxygen atoms in total. The Bertz CT molecular complexity index is 2460. The van der Waals surface area contributed by atoms with Gasteiger partial charge in [0.2, 0.25) is 0 Å². The Balaban J connectivity index is 1.62. The van der Waals surface area contributed by atoms with Crippen molar-refractivity contribution in [2.75, 3.05) is 0 Å². The molecular formula is C39H23NO2S. The lowest BCUT2D eigenvalue weighted by Gasteiger charge is -2.42. The highest BCUT2D eigenvalue weighted by Crippen LogP contribution is 2.57. The van der Waals surface area contributed by atoms with Crippen LogP contribution in [0.3, 0.4) is 0 Å². The molecule has 0 bridgehead atoms. The third-order valence-corrected chi connectivity index (χ3v) is 10.3. The maximum atomic E-state index is 14.7. The highest BCUT2D eigenvalue weighted by atomic mass is 32.2. The number of pyridine rings is 2. The zero-order valence-electron chi connectivity index (χ0n) is 23.0. The summed E-state index contributed by atoms with van der Waals surface area (Å²) >= 11 is 1.64. The molecule has 0 saturated carbocycles. The summed E-state index contributed by atoms with van der Waals surface area (Å²) in [5, 5.41) is 2.44. The summed E-state index contributed by atoms with van der Waals surface area (Å²) in [6, 6.07) is 47.0. The zero-order chi connectivity index (χ0) is 28.7. The first kappa shape index (κ1) is 24.4. The second-order valence-electron chi connectivity index (χ2n) is 11.1. The van der Waals surface area contributed by atoms with Gasteiger partial charge in [-0.05, 0) is 58.7 Å². The standard InChI is InChI=1S/C39H23NO2S/c41-36-26-17-7-10-20-31(26)40-32-21-11-8-18-27(32)37(42)34-35(40)28(36)23-30-38(34)43-33-22-12-9-19-29(33)39(30,24-13-3-1-4-14-24)25-15-5-2-6-16-25/h1-23H. The van der Waals surface area contributed by atoms with Crippen molar-refractivity contribution < 1.29 is 0 Å². The van der Waals surface area contributed by atoms with Crippen LogP contribution in [0.15, 0.2) is 159 Å². The number of rotatable bonds is 2. The lowest BCUT2D eigenvalue weighted by Crippen LogP contribution is -2.35. The van der Waals surface area contributed by atoms with E-state index in [4.69, 9.17) is 0 Å². The average Bonchev–Trinajstić information content (AvgIpc) is 3.07. The van der Waals surface area contributed by atoms with Crippen LogP contribution in [0.2, 0.25) is 0 Å². The number of fused-ring (bicyclic) bond motifs is 7. The van der Waals surface area contributed by atoms with Crippen molar-refractivity contribution in [2.45, 2.75) is 15.2 Å². The summed E-state index contributed by atoms with van der Waals surface area (Å²) in [4.78, 5) is 31.1. The molecule has 0 atom stereocenters. The van der Waals surface area contributed by atoms with Crippen LogP contribution in [0.5, 0.6) is 0 Å². The second-order valence-corrected chi connectivity index (χ2v) is 12.2. The number of hydrogen-bond donors (Lipinski definition) is 0.